The number of carbonyl (C=O) groups is 1. The van der Waals surface area contributed by atoms with E-state index in [1.54, 1.807) is 0 Å². The lowest BCUT2D eigenvalue weighted by molar-refractivity contribution is -0.138. The summed E-state index contributed by atoms with van der Waals surface area (Å²) in [6.07, 6.45) is 4.10. The number of rotatable bonds is 5. The van der Waals surface area contributed by atoms with Crippen molar-refractivity contribution in [2.75, 3.05) is 26.2 Å². The minimum absolute atomic E-state index is 0.157. The molecule has 2 fully saturated rings. The maximum Gasteiger partial charge on any atom is 0.229 e. The molecule has 2 aromatic rings. The highest BCUT2D eigenvalue weighted by molar-refractivity contribution is 5.87. The number of H-pyrrole nitrogens is 1. The molecule has 1 atom stereocenters. The van der Waals surface area contributed by atoms with Crippen LogP contribution >= 0.6 is 0 Å². The predicted octanol–water partition coefficient (Wildman–Crippen LogP) is 3.04. The summed E-state index contributed by atoms with van der Waals surface area (Å²) in [5, 5.41) is 3.43. The van der Waals surface area contributed by atoms with Crippen molar-refractivity contribution < 1.29 is 4.79 Å². The molecular formula is C21H30N4O. The molecule has 0 radical (unpaired) electrons. The van der Waals surface area contributed by atoms with Crippen LogP contribution < -0.4 is 5.32 Å². The van der Waals surface area contributed by atoms with Crippen LogP contribution in [0.5, 0.6) is 0 Å². The molecule has 0 bridgehead atoms. The van der Waals surface area contributed by atoms with Crippen LogP contribution in [0.1, 0.15) is 44.5 Å². The van der Waals surface area contributed by atoms with Crippen molar-refractivity contribution >= 4 is 16.9 Å². The van der Waals surface area contributed by atoms with E-state index < -0.39 is 0 Å². The Morgan fingerprint density at radius 1 is 1.31 bits per heavy atom. The maximum absolute atomic E-state index is 13.3. The molecule has 5 heteroatoms. The summed E-state index contributed by atoms with van der Waals surface area (Å²) >= 11 is 0. The topological polar surface area (TPSA) is 61.0 Å². The average Bonchev–Trinajstić information content (AvgIpc) is 3.02. The minimum Gasteiger partial charge on any atom is -0.342 e. The lowest BCUT2D eigenvalue weighted by Crippen LogP contribution is -2.42. The van der Waals surface area contributed by atoms with E-state index in [9.17, 15) is 4.79 Å². The van der Waals surface area contributed by atoms with Crippen LogP contribution in [-0.4, -0.2) is 47.0 Å². The molecule has 1 unspecified atom stereocenters. The number of nitrogens with zero attached hydrogens (tertiary/aromatic N) is 2. The van der Waals surface area contributed by atoms with Crippen LogP contribution in [0.15, 0.2) is 18.2 Å². The van der Waals surface area contributed by atoms with Crippen LogP contribution in [0.25, 0.3) is 11.0 Å². The number of likely N-dealkylation sites (N-methyl/N-ethyl adjacent to an activating group) is 1. The highest BCUT2D eigenvalue weighted by Crippen LogP contribution is 2.68. The van der Waals surface area contributed by atoms with Crippen molar-refractivity contribution in [3.8, 4) is 0 Å². The predicted molar refractivity (Wildman–Crippen MR) is 104 cm³/mol. The van der Waals surface area contributed by atoms with E-state index in [4.69, 9.17) is 4.98 Å². The van der Waals surface area contributed by atoms with Crippen molar-refractivity contribution in [3.63, 3.8) is 0 Å². The normalized spacial score (nSPS) is 24.1. The Hall–Kier alpha value is -1.88. The number of nitrogens with one attached hydrogen (secondary N) is 2. The third-order valence-corrected chi connectivity index (χ3v) is 6.82. The van der Waals surface area contributed by atoms with Gasteiger partial charge in [-0.1, -0.05) is 19.1 Å². The molecule has 1 saturated carbocycles. The lowest BCUT2D eigenvalue weighted by atomic mass is 9.85. The molecule has 1 aliphatic carbocycles. The van der Waals surface area contributed by atoms with Gasteiger partial charge in [0.05, 0.1) is 16.4 Å². The molecule has 1 aromatic heterocycles. The van der Waals surface area contributed by atoms with Gasteiger partial charge in [0.1, 0.15) is 5.82 Å². The minimum atomic E-state index is -0.157. The van der Waals surface area contributed by atoms with Gasteiger partial charge < -0.3 is 15.2 Å². The number of aryl methyl sites for hydroxylation is 1. The van der Waals surface area contributed by atoms with E-state index in [1.807, 2.05) is 11.0 Å². The second-order valence-electron chi connectivity index (χ2n) is 8.33. The molecule has 2 heterocycles. The van der Waals surface area contributed by atoms with Crippen molar-refractivity contribution in [2.24, 2.45) is 10.8 Å². The van der Waals surface area contributed by atoms with Gasteiger partial charge in [-0.15, -0.1) is 0 Å². The number of piperidine rings is 1. The molecule has 1 aliphatic heterocycles. The summed E-state index contributed by atoms with van der Waals surface area (Å²) in [6.45, 7) is 9.96. The smallest absolute Gasteiger partial charge is 0.229 e. The van der Waals surface area contributed by atoms with Crippen molar-refractivity contribution in [2.45, 2.75) is 46.5 Å². The number of imidazole rings is 1. The summed E-state index contributed by atoms with van der Waals surface area (Å²) in [7, 11) is 0. The summed E-state index contributed by atoms with van der Waals surface area (Å²) in [6, 6.07) is 6.20. The van der Waals surface area contributed by atoms with Crippen molar-refractivity contribution in [1.29, 1.82) is 0 Å². The lowest BCUT2D eigenvalue weighted by Gasteiger charge is -2.31. The monoisotopic (exact) mass is 354 g/mol. The van der Waals surface area contributed by atoms with E-state index in [-0.39, 0.29) is 10.8 Å². The van der Waals surface area contributed by atoms with Crippen LogP contribution in [0.2, 0.25) is 0 Å². The Morgan fingerprint density at radius 3 is 2.77 bits per heavy atom. The molecule has 1 aromatic carbocycles. The van der Waals surface area contributed by atoms with Crippen molar-refractivity contribution in [3.05, 3.63) is 29.6 Å². The molecule has 1 saturated heterocycles. The first-order valence-electron chi connectivity index (χ1n) is 9.93. The van der Waals surface area contributed by atoms with Gasteiger partial charge in [0.15, 0.2) is 0 Å². The SMILES string of the molecule is CCN(CCc1nc2c(C)cccc2[nH]1)C(=O)C1(C)CC12CCNCC2. The van der Waals surface area contributed by atoms with Gasteiger partial charge in [-0.25, -0.2) is 4.98 Å². The molecule has 1 amide bonds. The fourth-order valence-electron chi connectivity index (χ4n) is 4.91. The summed E-state index contributed by atoms with van der Waals surface area (Å²) < 4.78 is 0. The van der Waals surface area contributed by atoms with Crippen LogP contribution in [-0.2, 0) is 11.2 Å². The van der Waals surface area contributed by atoms with Crippen LogP contribution in [0.3, 0.4) is 0 Å². The second-order valence-corrected chi connectivity index (χ2v) is 8.33. The number of hydrogen-bond acceptors (Lipinski definition) is 3. The highest BCUT2D eigenvalue weighted by Gasteiger charge is 2.68. The van der Waals surface area contributed by atoms with Gasteiger partial charge in [-0.05, 0) is 63.2 Å². The Labute approximate surface area is 155 Å². The van der Waals surface area contributed by atoms with Crippen LogP contribution in [0.4, 0.5) is 0 Å². The number of carbonyl (C=O) groups excluding carboxylic acids is 1. The molecule has 2 N–H and O–H groups in total. The number of aromatic nitrogens is 2. The molecule has 2 aliphatic rings. The number of para-hydroxylation sites is 1. The molecule has 26 heavy (non-hydrogen) atoms. The quantitative estimate of drug-likeness (QED) is 0.868. The first-order chi connectivity index (χ1) is 12.5. The highest BCUT2D eigenvalue weighted by atomic mass is 16.2. The summed E-state index contributed by atoms with van der Waals surface area (Å²) in [5.74, 6) is 1.31. The first kappa shape index (κ1) is 17.5. The average molecular weight is 354 g/mol. The van der Waals surface area contributed by atoms with Crippen LogP contribution in [0, 0.1) is 17.8 Å². The standard InChI is InChI=1S/C21H30N4O/c1-4-25(19(26)20(3)14-21(20)9-11-22-12-10-21)13-8-17-23-16-7-5-6-15(2)18(16)24-17/h5-7,22H,4,8-14H2,1-3H3,(H,23,24). The molecular weight excluding hydrogens is 324 g/mol. The molecule has 140 valence electrons. The number of fused-ring (bicyclic) bond motifs is 1. The molecule has 4 rings (SSSR count). The summed E-state index contributed by atoms with van der Waals surface area (Å²) in [5.41, 5.74) is 3.40. The van der Waals surface area contributed by atoms with Gasteiger partial charge >= 0.3 is 0 Å². The second kappa shape index (κ2) is 6.38. The van der Waals surface area contributed by atoms with Crippen molar-refractivity contribution in [1.82, 2.24) is 20.2 Å². The Bertz CT molecular complexity index is 821. The Morgan fingerprint density at radius 2 is 2.08 bits per heavy atom. The third kappa shape index (κ3) is 2.73. The number of benzene rings is 1. The number of aromatic amines is 1. The molecule has 1 spiro atoms. The number of amides is 1. The van der Waals surface area contributed by atoms with E-state index >= 15 is 0 Å². The first-order valence-corrected chi connectivity index (χ1v) is 9.93. The zero-order valence-corrected chi connectivity index (χ0v) is 16.2. The van der Waals surface area contributed by atoms with Gasteiger partial charge in [-0.2, -0.15) is 0 Å². The maximum atomic E-state index is 13.3. The van der Waals surface area contributed by atoms with Gasteiger partial charge in [0.2, 0.25) is 5.91 Å². The zero-order chi connectivity index (χ0) is 18.4. The fraction of sp³-hybridized carbons (Fsp3) is 0.619. The fourth-order valence-corrected chi connectivity index (χ4v) is 4.91. The van der Waals surface area contributed by atoms with Gasteiger partial charge in [0.25, 0.3) is 0 Å². The third-order valence-electron chi connectivity index (χ3n) is 6.82. The largest absolute Gasteiger partial charge is 0.342 e. The van der Waals surface area contributed by atoms with Gasteiger partial charge in [-0.3, -0.25) is 4.79 Å². The van der Waals surface area contributed by atoms with Gasteiger partial charge in [0, 0.05) is 19.5 Å². The van der Waals surface area contributed by atoms with E-state index in [1.165, 1.54) is 5.56 Å². The van der Waals surface area contributed by atoms with E-state index in [2.05, 4.69) is 43.2 Å². The number of hydrogen-bond donors (Lipinski definition) is 2. The van der Waals surface area contributed by atoms with E-state index in [0.717, 1.165) is 68.7 Å². The Balaban J connectivity index is 1.44. The van der Waals surface area contributed by atoms with E-state index in [0.29, 0.717) is 5.91 Å². The zero-order valence-electron chi connectivity index (χ0n) is 16.2. The molecule has 5 nitrogen and oxygen atoms in total. The Kier molecular flexibility index (Phi) is 4.30. The summed E-state index contributed by atoms with van der Waals surface area (Å²) in [4.78, 5) is 23.4.